The van der Waals surface area contributed by atoms with Gasteiger partial charge in [0.05, 0.1) is 27.0 Å². The van der Waals surface area contributed by atoms with Crippen LogP contribution in [0.3, 0.4) is 0 Å². The Bertz CT molecular complexity index is 827. The van der Waals surface area contributed by atoms with Crippen LogP contribution in [0, 0.1) is 0 Å². The van der Waals surface area contributed by atoms with E-state index in [4.69, 9.17) is 9.47 Å². The van der Waals surface area contributed by atoms with Gasteiger partial charge in [-0.2, -0.15) is 13.2 Å². The number of carbonyl (C=O) groups excluding carboxylic acids is 1. The molecule has 0 amide bonds. The number of benzene rings is 1. The lowest BCUT2D eigenvalue weighted by Crippen LogP contribution is -2.36. The molecule has 170 valence electrons. The number of alkyl halides is 3. The lowest BCUT2D eigenvalue weighted by Gasteiger charge is -2.36. The van der Waals surface area contributed by atoms with Crippen molar-refractivity contribution in [3.63, 3.8) is 0 Å². The molecule has 0 N–H and O–H groups in total. The molecule has 0 aliphatic heterocycles. The van der Waals surface area contributed by atoms with E-state index >= 15 is 0 Å². The van der Waals surface area contributed by atoms with Crippen molar-refractivity contribution in [1.82, 2.24) is 0 Å². The Balaban J connectivity index is 2.30. The highest BCUT2D eigenvalue weighted by molar-refractivity contribution is 7.85. The van der Waals surface area contributed by atoms with E-state index in [1.54, 1.807) is 0 Å². The van der Waals surface area contributed by atoms with Gasteiger partial charge in [-0.3, -0.25) is 0 Å². The summed E-state index contributed by atoms with van der Waals surface area (Å²) < 4.78 is 83.1. The van der Waals surface area contributed by atoms with Gasteiger partial charge in [0.15, 0.2) is 0 Å². The van der Waals surface area contributed by atoms with Crippen LogP contribution in [0.4, 0.5) is 13.2 Å². The third kappa shape index (κ3) is 7.16. The molecule has 0 atom stereocenters. The van der Waals surface area contributed by atoms with E-state index in [-0.39, 0.29) is 5.56 Å². The molecule has 1 saturated carbocycles. The molecule has 0 spiro atoms. The van der Waals surface area contributed by atoms with Crippen molar-refractivity contribution in [2.24, 2.45) is 0 Å². The van der Waals surface area contributed by atoms with Gasteiger partial charge in [0.1, 0.15) is 18.0 Å². The summed E-state index contributed by atoms with van der Waals surface area (Å²) in [6.45, 7) is 1.19. The van der Waals surface area contributed by atoms with Gasteiger partial charge in [-0.15, -0.1) is 0 Å². The molecule has 2 rings (SSSR count). The normalized spacial score (nSPS) is 17.6. The zero-order chi connectivity index (χ0) is 22.4. The fourth-order valence-corrected chi connectivity index (χ4v) is 3.89. The molecular weight excluding hydrogens is 425 g/mol. The summed E-state index contributed by atoms with van der Waals surface area (Å²) in [7, 11) is -4.57. The van der Waals surface area contributed by atoms with Crippen LogP contribution in [-0.2, 0) is 21.0 Å². The molecule has 1 aromatic rings. The first-order valence-electron chi connectivity index (χ1n) is 9.97. The fraction of sp³-hybridized carbons (Fsp3) is 0.650. The molecule has 30 heavy (non-hydrogen) atoms. The first kappa shape index (κ1) is 24.5. The fourth-order valence-electron chi connectivity index (χ4n) is 3.60. The molecule has 0 aromatic heterocycles. The van der Waals surface area contributed by atoms with Gasteiger partial charge in [0.2, 0.25) is 0 Å². The molecule has 0 unspecified atom stereocenters. The molecule has 10 heteroatoms. The van der Waals surface area contributed by atoms with E-state index in [1.165, 1.54) is 0 Å². The van der Waals surface area contributed by atoms with Crippen molar-refractivity contribution in [3.8, 4) is 5.75 Å². The highest BCUT2D eigenvalue weighted by Gasteiger charge is 2.38. The summed E-state index contributed by atoms with van der Waals surface area (Å²) in [6, 6.07) is 2.68. The molecule has 0 bridgehead atoms. The summed E-state index contributed by atoms with van der Waals surface area (Å²) in [6.07, 6.45) is 1.87. The van der Waals surface area contributed by atoms with Gasteiger partial charge in [-0.05, 0) is 50.3 Å². The number of ether oxygens (including phenoxy) is 2. The van der Waals surface area contributed by atoms with Crippen LogP contribution >= 0.6 is 0 Å². The minimum atomic E-state index is -4.68. The third-order valence-corrected chi connectivity index (χ3v) is 5.99. The lowest BCUT2D eigenvalue weighted by atomic mass is 9.84. The predicted molar refractivity (Wildman–Crippen MR) is 102 cm³/mol. The second-order valence-corrected chi connectivity index (χ2v) is 9.04. The lowest BCUT2D eigenvalue weighted by molar-refractivity contribution is -0.140. The molecular formula is C20H26F3O6S-. The van der Waals surface area contributed by atoms with E-state index in [1.807, 2.05) is 6.92 Å². The maximum absolute atomic E-state index is 13.5. The molecule has 0 heterocycles. The highest BCUT2D eigenvalue weighted by Crippen LogP contribution is 2.41. The predicted octanol–water partition coefficient (Wildman–Crippen LogP) is 4.68. The number of hydrogen-bond acceptors (Lipinski definition) is 6. The van der Waals surface area contributed by atoms with Gasteiger partial charge in [0.25, 0.3) is 0 Å². The number of carbonyl (C=O) groups is 1. The maximum Gasteiger partial charge on any atom is 0.419 e. The van der Waals surface area contributed by atoms with E-state index in [0.717, 1.165) is 50.3 Å². The smallest absolute Gasteiger partial charge is 0.419 e. The van der Waals surface area contributed by atoms with Crippen molar-refractivity contribution in [2.45, 2.75) is 70.1 Å². The number of halogens is 3. The Morgan fingerprint density at radius 1 is 1.13 bits per heavy atom. The van der Waals surface area contributed by atoms with Gasteiger partial charge < -0.3 is 14.0 Å². The maximum atomic E-state index is 13.5. The molecule has 1 aromatic carbocycles. The first-order valence-corrected chi connectivity index (χ1v) is 11.5. The molecule has 6 nitrogen and oxygen atoms in total. The Labute approximate surface area is 174 Å². The van der Waals surface area contributed by atoms with E-state index in [9.17, 15) is 30.9 Å². The van der Waals surface area contributed by atoms with Crippen molar-refractivity contribution < 1.29 is 40.4 Å². The molecule has 0 radical (unpaired) electrons. The molecule has 0 saturated heterocycles. The van der Waals surface area contributed by atoms with Crippen molar-refractivity contribution in [1.29, 1.82) is 0 Å². The summed E-state index contributed by atoms with van der Waals surface area (Å²) in [5.41, 5.74) is -1.95. The van der Waals surface area contributed by atoms with Crippen molar-refractivity contribution in [3.05, 3.63) is 29.3 Å². The second-order valence-electron chi connectivity index (χ2n) is 7.51. The summed E-state index contributed by atoms with van der Waals surface area (Å²) in [4.78, 5) is 12.1. The second kappa shape index (κ2) is 10.00. The zero-order valence-electron chi connectivity index (χ0n) is 16.8. The molecule has 1 aliphatic rings. The van der Waals surface area contributed by atoms with Gasteiger partial charge in [-0.1, -0.05) is 26.2 Å². The minimum Gasteiger partial charge on any atom is -0.748 e. The Morgan fingerprint density at radius 3 is 2.27 bits per heavy atom. The van der Waals surface area contributed by atoms with Crippen molar-refractivity contribution in [2.75, 3.05) is 12.4 Å². The zero-order valence-corrected chi connectivity index (χ0v) is 17.6. The molecule has 1 fully saturated rings. The summed E-state index contributed by atoms with van der Waals surface area (Å²) in [5, 5.41) is 0. The van der Waals surface area contributed by atoms with Crippen LogP contribution in [0.25, 0.3) is 0 Å². The average Bonchev–Trinajstić information content (AvgIpc) is 2.62. The van der Waals surface area contributed by atoms with Crippen LogP contribution in [0.2, 0.25) is 0 Å². The Hall–Kier alpha value is -1.81. The van der Waals surface area contributed by atoms with Crippen LogP contribution in [-0.4, -0.2) is 36.9 Å². The summed E-state index contributed by atoms with van der Waals surface area (Å²) in [5.74, 6) is -2.39. The minimum absolute atomic E-state index is 0.210. The third-order valence-electron chi connectivity index (χ3n) is 5.32. The van der Waals surface area contributed by atoms with Gasteiger partial charge in [-0.25, -0.2) is 13.2 Å². The van der Waals surface area contributed by atoms with Crippen molar-refractivity contribution >= 4 is 16.1 Å². The standard InChI is InChI=1S/C20H27F3O6S/c1-2-19(10-6-4-3-5-7-11-19)29-17-14-15(8-9-16(17)20(21,22)23)18(24)28-12-13-30(25,26)27/h8-9,14H,2-7,10-13H2,1H3,(H,25,26,27)/p-1. The van der Waals surface area contributed by atoms with Crippen LogP contribution in [0.1, 0.15) is 74.2 Å². The number of rotatable bonds is 7. The topological polar surface area (TPSA) is 92.7 Å². The number of hydrogen-bond donors (Lipinski definition) is 0. The van der Waals surface area contributed by atoms with E-state index in [2.05, 4.69) is 0 Å². The van der Waals surface area contributed by atoms with Crippen LogP contribution in [0.5, 0.6) is 5.75 Å². The molecule has 1 aliphatic carbocycles. The SMILES string of the molecule is CCC1(Oc2cc(C(=O)OCCS(=O)(=O)[O-])ccc2C(F)(F)F)CCCCCCC1. The van der Waals surface area contributed by atoms with Crippen LogP contribution < -0.4 is 4.74 Å². The van der Waals surface area contributed by atoms with E-state index in [0.29, 0.717) is 19.3 Å². The highest BCUT2D eigenvalue weighted by atomic mass is 32.2. The quantitative estimate of drug-likeness (QED) is 0.442. The Morgan fingerprint density at radius 2 is 1.73 bits per heavy atom. The number of esters is 1. The largest absolute Gasteiger partial charge is 0.748 e. The average molecular weight is 451 g/mol. The Kier molecular flexibility index (Phi) is 8.15. The van der Waals surface area contributed by atoms with Gasteiger partial charge >= 0.3 is 12.1 Å². The van der Waals surface area contributed by atoms with Crippen LogP contribution in [0.15, 0.2) is 18.2 Å². The van der Waals surface area contributed by atoms with Gasteiger partial charge in [0, 0.05) is 0 Å². The van der Waals surface area contributed by atoms with E-state index < -0.39 is 51.5 Å². The first-order chi connectivity index (χ1) is 14.0. The summed E-state index contributed by atoms with van der Waals surface area (Å²) >= 11 is 0. The monoisotopic (exact) mass is 451 g/mol.